The predicted octanol–water partition coefficient (Wildman–Crippen LogP) is 3.53. The number of aliphatic hydroxyl groups is 1. The van der Waals surface area contributed by atoms with Crippen molar-refractivity contribution in [3.63, 3.8) is 0 Å². The molecule has 0 unspecified atom stereocenters. The zero-order valence-electron chi connectivity index (χ0n) is 8.76. The van der Waals surface area contributed by atoms with Crippen molar-refractivity contribution in [2.75, 3.05) is 6.61 Å². The zero-order valence-corrected chi connectivity index (χ0v) is 10.3. The molecule has 1 aromatic carbocycles. The second kappa shape index (κ2) is 5.06. The van der Waals surface area contributed by atoms with Crippen molar-refractivity contribution in [2.24, 2.45) is 0 Å². The number of benzene rings is 1. The SMILES string of the molecule is CC(C)(O)CCOc1ccc(Cl)cc1Cl. The molecule has 4 heteroatoms. The summed E-state index contributed by atoms with van der Waals surface area (Å²) in [5.74, 6) is 0.588. The van der Waals surface area contributed by atoms with Crippen molar-refractivity contribution in [2.45, 2.75) is 25.9 Å². The van der Waals surface area contributed by atoms with Gasteiger partial charge in [-0.1, -0.05) is 23.2 Å². The van der Waals surface area contributed by atoms with E-state index in [1.54, 1.807) is 32.0 Å². The molecule has 15 heavy (non-hydrogen) atoms. The maximum Gasteiger partial charge on any atom is 0.137 e. The number of hydrogen-bond acceptors (Lipinski definition) is 2. The lowest BCUT2D eigenvalue weighted by Gasteiger charge is -2.17. The Balaban J connectivity index is 2.51. The molecule has 0 atom stereocenters. The molecule has 0 aromatic heterocycles. The van der Waals surface area contributed by atoms with Gasteiger partial charge in [0.1, 0.15) is 5.75 Å². The molecule has 0 heterocycles. The zero-order chi connectivity index (χ0) is 11.5. The molecule has 0 fully saturated rings. The maximum atomic E-state index is 9.47. The topological polar surface area (TPSA) is 29.5 Å². The van der Waals surface area contributed by atoms with Gasteiger partial charge >= 0.3 is 0 Å². The second-order valence-electron chi connectivity index (χ2n) is 3.99. The third kappa shape index (κ3) is 4.74. The highest BCUT2D eigenvalue weighted by molar-refractivity contribution is 6.35. The molecule has 1 aromatic rings. The maximum absolute atomic E-state index is 9.47. The molecule has 1 rings (SSSR count). The lowest BCUT2D eigenvalue weighted by Crippen LogP contribution is -2.21. The number of ether oxygens (including phenoxy) is 1. The first-order valence-electron chi connectivity index (χ1n) is 4.69. The minimum atomic E-state index is -0.723. The van der Waals surface area contributed by atoms with E-state index in [-0.39, 0.29) is 0 Å². The van der Waals surface area contributed by atoms with E-state index in [9.17, 15) is 5.11 Å². The van der Waals surface area contributed by atoms with Crippen molar-refractivity contribution >= 4 is 23.2 Å². The fraction of sp³-hybridized carbons (Fsp3) is 0.455. The molecular weight excluding hydrogens is 235 g/mol. The molecule has 0 radical (unpaired) electrons. The first-order chi connectivity index (χ1) is 6.88. The molecule has 2 nitrogen and oxygen atoms in total. The third-order valence-electron chi connectivity index (χ3n) is 1.87. The molecule has 1 N–H and O–H groups in total. The van der Waals surface area contributed by atoms with E-state index in [2.05, 4.69) is 0 Å². The summed E-state index contributed by atoms with van der Waals surface area (Å²) in [4.78, 5) is 0. The molecule has 0 aliphatic carbocycles. The number of rotatable bonds is 4. The highest BCUT2D eigenvalue weighted by Crippen LogP contribution is 2.27. The second-order valence-corrected chi connectivity index (χ2v) is 4.83. The van der Waals surface area contributed by atoms with Crippen LogP contribution in [0, 0.1) is 0 Å². The quantitative estimate of drug-likeness (QED) is 0.884. The highest BCUT2D eigenvalue weighted by atomic mass is 35.5. The van der Waals surface area contributed by atoms with Crippen molar-refractivity contribution < 1.29 is 9.84 Å². The summed E-state index contributed by atoms with van der Waals surface area (Å²) < 4.78 is 5.42. The van der Waals surface area contributed by atoms with E-state index in [0.717, 1.165) is 0 Å². The molecular formula is C11H14Cl2O2. The van der Waals surface area contributed by atoms with Crippen LogP contribution < -0.4 is 4.74 Å². The van der Waals surface area contributed by atoms with Gasteiger partial charge in [0.05, 0.1) is 17.2 Å². The Labute approximate surface area is 99.8 Å². The van der Waals surface area contributed by atoms with Gasteiger partial charge in [-0.05, 0) is 32.0 Å². The summed E-state index contributed by atoms with van der Waals surface area (Å²) in [5.41, 5.74) is -0.723. The minimum Gasteiger partial charge on any atom is -0.492 e. The molecule has 0 aliphatic rings. The Hall–Kier alpha value is -0.440. The Morgan fingerprint density at radius 2 is 2.00 bits per heavy atom. The Morgan fingerprint density at radius 1 is 1.33 bits per heavy atom. The van der Waals surface area contributed by atoms with Gasteiger partial charge < -0.3 is 9.84 Å². The van der Waals surface area contributed by atoms with Gasteiger partial charge in [-0.25, -0.2) is 0 Å². The normalized spacial score (nSPS) is 11.5. The van der Waals surface area contributed by atoms with Gasteiger partial charge in [0.15, 0.2) is 0 Å². The van der Waals surface area contributed by atoms with E-state index in [1.165, 1.54) is 0 Å². The summed E-state index contributed by atoms with van der Waals surface area (Å²) in [6.45, 7) is 3.89. The van der Waals surface area contributed by atoms with Gasteiger partial charge in [-0.15, -0.1) is 0 Å². The summed E-state index contributed by atoms with van der Waals surface area (Å²) in [6.07, 6.45) is 0.548. The van der Waals surface area contributed by atoms with E-state index in [4.69, 9.17) is 27.9 Å². The summed E-state index contributed by atoms with van der Waals surface area (Å²) in [5, 5.41) is 10.5. The lowest BCUT2D eigenvalue weighted by atomic mass is 10.1. The van der Waals surface area contributed by atoms with Crippen LogP contribution in [0.2, 0.25) is 10.0 Å². The summed E-state index contributed by atoms with van der Waals surface area (Å²) in [6, 6.07) is 5.06. The fourth-order valence-electron chi connectivity index (χ4n) is 1.00. The van der Waals surface area contributed by atoms with E-state index in [1.807, 2.05) is 0 Å². The molecule has 0 aliphatic heterocycles. The Morgan fingerprint density at radius 3 is 2.53 bits per heavy atom. The first-order valence-corrected chi connectivity index (χ1v) is 5.44. The molecule has 84 valence electrons. The number of halogens is 2. The van der Waals surface area contributed by atoms with E-state index >= 15 is 0 Å². The van der Waals surface area contributed by atoms with Crippen molar-refractivity contribution in [1.29, 1.82) is 0 Å². The average Bonchev–Trinajstić information content (AvgIpc) is 2.07. The summed E-state index contributed by atoms with van der Waals surface area (Å²) in [7, 11) is 0. The van der Waals surface area contributed by atoms with Gasteiger partial charge in [0, 0.05) is 11.4 Å². The van der Waals surface area contributed by atoms with Crippen LogP contribution in [-0.4, -0.2) is 17.3 Å². The molecule has 0 amide bonds. The molecule has 0 saturated heterocycles. The van der Waals surface area contributed by atoms with Crippen molar-refractivity contribution in [3.8, 4) is 5.75 Å². The van der Waals surface area contributed by atoms with Crippen LogP contribution in [0.1, 0.15) is 20.3 Å². The van der Waals surface area contributed by atoms with Crippen LogP contribution in [0.15, 0.2) is 18.2 Å². The number of hydrogen-bond donors (Lipinski definition) is 1. The van der Waals surface area contributed by atoms with Crippen LogP contribution in [-0.2, 0) is 0 Å². The average molecular weight is 249 g/mol. The van der Waals surface area contributed by atoms with E-state index < -0.39 is 5.60 Å². The smallest absolute Gasteiger partial charge is 0.137 e. The molecule has 0 spiro atoms. The largest absolute Gasteiger partial charge is 0.492 e. The standard InChI is InChI=1S/C11H14Cl2O2/c1-11(2,14)5-6-15-10-4-3-8(12)7-9(10)13/h3-4,7,14H,5-6H2,1-2H3. The lowest BCUT2D eigenvalue weighted by molar-refractivity contribution is 0.0553. The summed E-state index contributed by atoms with van der Waals surface area (Å²) >= 11 is 11.7. The van der Waals surface area contributed by atoms with Crippen molar-refractivity contribution in [3.05, 3.63) is 28.2 Å². The fourth-order valence-corrected chi connectivity index (χ4v) is 1.47. The van der Waals surface area contributed by atoms with Crippen LogP contribution in [0.25, 0.3) is 0 Å². The first kappa shape index (κ1) is 12.6. The van der Waals surface area contributed by atoms with Crippen LogP contribution in [0.5, 0.6) is 5.75 Å². The van der Waals surface area contributed by atoms with Gasteiger partial charge in [-0.3, -0.25) is 0 Å². The Kier molecular flexibility index (Phi) is 4.26. The van der Waals surface area contributed by atoms with Gasteiger partial charge in [-0.2, -0.15) is 0 Å². The van der Waals surface area contributed by atoms with Crippen LogP contribution in [0.4, 0.5) is 0 Å². The molecule has 0 saturated carbocycles. The van der Waals surface area contributed by atoms with Gasteiger partial charge in [0.2, 0.25) is 0 Å². The minimum absolute atomic E-state index is 0.421. The Bertz CT molecular complexity index is 332. The van der Waals surface area contributed by atoms with Crippen LogP contribution in [0.3, 0.4) is 0 Å². The van der Waals surface area contributed by atoms with Gasteiger partial charge in [0.25, 0.3) is 0 Å². The molecule has 0 bridgehead atoms. The monoisotopic (exact) mass is 248 g/mol. The highest BCUT2D eigenvalue weighted by Gasteiger charge is 2.12. The third-order valence-corrected chi connectivity index (χ3v) is 2.40. The van der Waals surface area contributed by atoms with Crippen LogP contribution >= 0.6 is 23.2 Å². The van der Waals surface area contributed by atoms with Crippen molar-refractivity contribution in [1.82, 2.24) is 0 Å². The predicted molar refractivity (Wildman–Crippen MR) is 62.9 cm³/mol. The van der Waals surface area contributed by atoms with E-state index in [0.29, 0.717) is 28.8 Å².